The zero-order valence-corrected chi connectivity index (χ0v) is 18.8. The number of rotatable bonds is 0. The van der Waals surface area contributed by atoms with Gasteiger partial charge in [-0.05, 0) is 87.7 Å². The molecular weight excluding hydrogens is 428 g/mol. The van der Waals surface area contributed by atoms with Crippen LogP contribution in [0.15, 0.2) is 85.3 Å². The summed E-state index contributed by atoms with van der Waals surface area (Å²) in [4.78, 5) is 14.4. The molecule has 0 bridgehead atoms. The van der Waals surface area contributed by atoms with Gasteiger partial charge in [-0.15, -0.1) is 0 Å². The van der Waals surface area contributed by atoms with E-state index in [1.165, 1.54) is 49.9 Å². The Labute approximate surface area is 200 Å². The molecule has 0 atom stereocenters. The number of fused-ring (bicyclic) bond motifs is 15. The molecule has 7 aromatic rings. The van der Waals surface area contributed by atoms with Crippen LogP contribution in [0, 0.1) is 0 Å². The molecule has 3 aromatic carbocycles. The van der Waals surface area contributed by atoms with E-state index in [1.54, 1.807) is 0 Å². The normalized spacial score (nSPS) is 13.5. The Morgan fingerprint density at radius 3 is 2.57 bits per heavy atom. The smallest absolute Gasteiger partial charge is 0.146 e. The van der Waals surface area contributed by atoms with Crippen molar-refractivity contribution in [3.05, 3.63) is 108 Å². The lowest BCUT2D eigenvalue weighted by molar-refractivity contribution is 1.24. The molecule has 35 heavy (non-hydrogen) atoms. The zero-order valence-electron chi connectivity index (χ0n) is 18.8. The maximum atomic E-state index is 5.06. The summed E-state index contributed by atoms with van der Waals surface area (Å²) in [6.45, 7) is 0. The summed E-state index contributed by atoms with van der Waals surface area (Å²) in [6, 6.07) is 24.4. The van der Waals surface area contributed by atoms with Crippen LogP contribution >= 0.6 is 0 Å². The van der Waals surface area contributed by atoms with Crippen LogP contribution < -0.4 is 0 Å². The van der Waals surface area contributed by atoms with Crippen LogP contribution in [-0.4, -0.2) is 19.4 Å². The van der Waals surface area contributed by atoms with E-state index in [2.05, 4.69) is 64.0 Å². The Kier molecular flexibility index (Phi) is 3.11. The molecule has 2 aliphatic rings. The molecule has 0 unspecified atom stereocenters. The van der Waals surface area contributed by atoms with Gasteiger partial charge in [-0.3, -0.25) is 14.4 Å². The van der Waals surface area contributed by atoms with Crippen molar-refractivity contribution in [3.8, 4) is 22.3 Å². The van der Waals surface area contributed by atoms with E-state index in [-0.39, 0.29) is 0 Å². The topological polar surface area (TPSA) is 43.1 Å². The van der Waals surface area contributed by atoms with Gasteiger partial charge in [0.25, 0.3) is 0 Å². The standard InChI is InChI=1S/C31H18N4/c1-2-5-21-17(4-1)12-19-15-24-20(14-23(19)21)13-18-7-8-22-29(28(18)24)30-26(6-3-10-33-30)35-27-16-32-11-9-25(27)34-31(22)35/h1-11,14-16H,12-13H2. The molecule has 0 spiro atoms. The number of benzene rings is 3. The summed E-state index contributed by atoms with van der Waals surface area (Å²) in [5.41, 5.74) is 16.1. The Morgan fingerprint density at radius 1 is 0.686 bits per heavy atom. The van der Waals surface area contributed by atoms with E-state index in [9.17, 15) is 0 Å². The minimum Gasteiger partial charge on any atom is -0.289 e. The van der Waals surface area contributed by atoms with Crippen LogP contribution in [0.5, 0.6) is 0 Å². The average Bonchev–Trinajstić information content (AvgIpc) is 3.58. The van der Waals surface area contributed by atoms with Gasteiger partial charge in [-0.25, -0.2) is 4.98 Å². The molecule has 0 fully saturated rings. The van der Waals surface area contributed by atoms with Gasteiger partial charge in [-0.2, -0.15) is 0 Å². The minimum atomic E-state index is 0.953. The molecule has 0 radical (unpaired) electrons. The second-order valence-electron chi connectivity index (χ2n) is 9.71. The van der Waals surface area contributed by atoms with Crippen molar-refractivity contribution < 1.29 is 0 Å². The van der Waals surface area contributed by atoms with E-state index in [1.807, 2.05) is 30.7 Å². The molecule has 162 valence electrons. The fourth-order valence-electron chi connectivity index (χ4n) is 6.46. The maximum Gasteiger partial charge on any atom is 0.146 e. The molecule has 9 rings (SSSR count). The lowest BCUT2D eigenvalue weighted by Crippen LogP contribution is -1.95. The highest BCUT2D eigenvalue weighted by Gasteiger charge is 2.28. The number of imidazole rings is 1. The highest BCUT2D eigenvalue weighted by molar-refractivity contribution is 6.19. The SMILES string of the molecule is c1ccc2c(c1)Cc1cc3c(cc1-2)Cc1ccc2c(c1-3)c1ncccc1n1c3cnccc3nc21. The van der Waals surface area contributed by atoms with Crippen LogP contribution in [0.4, 0.5) is 0 Å². The first-order chi connectivity index (χ1) is 17.3. The van der Waals surface area contributed by atoms with E-state index >= 15 is 0 Å². The number of nitrogens with zero attached hydrogens (tertiary/aromatic N) is 4. The van der Waals surface area contributed by atoms with Crippen LogP contribution in [-0.2, 0) is 12.8 Å². The highest BCUT2D eigenvalue weighted by Crippen LogP contribution is 2.48. The van der Waals surface area contributed by atoms with Crippen LogP contribution in [0.3, 0.4) is 0 Å². The Hall–Kier alpha value is -4.57. The van der Waals surface area contributed by atoms with E-state index < -0.39 is 0 Å². The van der Waals surface area contributed by atoms with Crippen LogP contribution in [0.2, 0.25) is 0 Å². The van der Waals surface area contributed by atoms with E-state index in [0.717, 1.165) is 45.9 Å². The third kappa shape index (κ3) is 2.15. The second kappa shape index (κ2) is 6.10. The van der Waals surface area contributed by atoms with Gasteiger partial charge in [0, 0.05) is 23.2 Å². The molecule has 0 saturated heterocycles. The first kappa shape index (κ1) is 17.8. The molecular formula is C31H18N4. The monoisotopic (exact) mass is 446 g/mol. The molecule has 0 saturated carbocycles. The molecule has 2 aliphatic carbocycles. The third-order valence-corrected chi connectivity index (χ3v) is 7.92. The first-order valence-corrected chi connectivity index (χ1v) is 12.0. The van der Waals surface area contributed by atoms with Gasteiger partial charge < -0.3 is 0 Å². The largest absolute Gasteiger partial charge is 0.289 e. The number of hydrogen-bond acceptors (Lipinski definition) is 3. The van der Waals surface area contributed by atoms with Crippen molar-refractivity contribution in [3.63, 3.8) is 0 Å². The molecule has 0 aliphatic heterocycles. The first-order valence-electron chi connectivity index (χ1n) is 12.0. The molecule has 4 heterocycles. The number of aromatic nitrogens is 4. The summed E-state index contributed by atoms with van der Waals surface area (Å²) in [7, 11) is 0. The van der Waals surface area contributed by atoms with Crippen molar-refractivity contribution in [1.29, 1.82) is 0 Å². The fraction of sp³-hybridized carbons (Fsp3) is 0.0645. The van der Waals surface area contributed by atoms with Gasteiger partial charge in [0.05, 0.1) is 28.3 Å². The van der Waals surface area contributed by atoms with Gasteiger partial charge in [0.1, 0.15) is 5.65 Å². The van der Waals surface area contributed by atoms with Crippen LogP contribution in [0.1, 0.15) is 22.3 Å². The molecule has 4 nitrogen and oxygen atoms in total. The summed E-state index contributed by atoms with van der Waals surface area (Å²) in [6.07, 6.45) is 7.57. The Balaban J connectivity index is 1.43. The van der Waals surface area contributed by atoms with Gasteiger partial charge >= 0.3 is 0 Å². The van der Waals surface area contributed by atoms with Crippen molar-refractivity contribution >= 4 is 38.5 Å². The van der Waals surface area contributed by atoms with Crippen molar-refractivity contribution in [1.82, 2.24) is 19.4 Å². The molecule has 4 aromatic heterocycles. The van der Waals surface area contributed by atoms with Gasteiger partial charge in [0.15, 0.2) is 0 Å². The quantitative estimate of drug-likeness (QED) is 0.243. The molecule has 0 N–H and O–H groups in total. The minimum absolute atomic E-state index is 0.953. The fourth-order valence-corrected chi connectivity index (χ4v) is 6.46. The summed E-state index contributed by atoms with van der Waals surface area (Å²) >= 11 is 0. The van der Waals surface area contributed by atoms with E-state index in [4.69, 9.17) is 9.97 Å². The van der Waals surface area contributed by atoms with Crippen molar-refractivity contribution in [2.45, 2.75) is 12.8 Å². The van der Waals surface area contributed by atoms with Crippen LogP contribution in [0.25, 0.3) is 60.7 Å². The van der Waals surface area contributed by atoms with Crippen molar-refractivity contribution in [2.24, 2.45) is 0 Å². The van der Waals surface area contributed by atoms with Crippen molar-refractivity contribution in [2.75, 3.05) is 0 Å². The lowest BCUT2D eigenvalue weighted by Gasteiger charge is -2.13. The predicted octanol–water partition coefficient (Wildman–Crippen LogP) is 6.73. The predicted molar refractivity (Wildman–Crippen MR) is 140 cm³/mol. The number of hydrogen-bond donors (Lipinski definition) is 0. The van der Waals surface area contributed by atoms with Gasteiger partial charge in [-0.1, -0.05) is 36.4 Å². The summed E-state index contributed by atoms with van der Waals surface area (Å²) in [5.74, 6) is 0. The molecule has 0 amide bonds. The summed E-state index contributed by atoms with van der Waals surface area (Å²) < 4.78 is 2.22. The van der Waals surface area contributed by atoms with E-state index in [0.29, 0.717) is 0 Å². The maximum absolute atomic E-state index is 5.06. The Morgan fingerprint density at radius 2 is 1.57 bits per heavy atom. The zero-order chi connectivity index (χ0) is 22.7. The van der Waals surface area contributed by atoms with Gasteiger partial charge in [0.2, 0.25) is 0 Å². The lowest BCUT2D eigenvalue weighted by atomic mass is 9.94. The third-order valence-electron chi connectivity index (χ3n) is 7.92. The summed E-state index contributed by atoms with van der Waals surface area (Å²) in [5, 5.41) is 2.35. The Bertz CT molecular complexity index is 2070. The second-order valence-corrected chi connectivity index (χ2v) is 9.71. The average molecular weight is 447 g/mol. The molecule has 4 heteroatoms. The number of pyridine rings is 3. The highest BCUT2D eigenvalue weighted by atomic mass is 15.0.